The predicted molar refractivity (Wildman–Crippen MR) is 67.2 cm³/mol. The first-order valence-corrected chi connectivity index (χ1v) is 6.20. The van der Waals surface area contributed by atoms with Gasteiger partial charge >= 0.3 is 5.97 Å². The van der Waals surface area contributed by atoms with E-state index in [4.69, 9.17) is 5.11 Å². The highest BCUT2D eigenvalue weighted by atomic mass is 16.4. The second-order valence-corrected chi connectivity index (χ2v) is 5.33. The molecule has 1 aromatic rings. The summed E-state index contributed by atoms with van der Waals surface area (Å²) in [6.45, 7) is 9.36. The molecule has 0 spiro atoms. The van der Waals surface area contributed by atoms with Crippen LogP contribution in [-0.4, -0.2) is 20.9 Å². The Labute approximate surface area is 103 Å². The number of nitrogens with zero attached hydrogens (tertiary/aromatic N) is 2. The van der Waals surface area contributed by atoms with E-state index in [1.54, 1.807) is 6.07 Å². The SMILES string of the molecule is CC(C)CCn1nc(C(=O)O)cc1CC(C)C. The largest absolute Gasteiger partial charge is 0.476 e. The van der Waals surface area contributed by atoms with Gasteiger partial charge in [-0.05, 0) is 30.7 Å². The maximum atomic E-state index is 10.9. The number of rotatable bonds is 6. The Hall–Kier alpha value is -1.32. The molecule has 0 amide bonds. The molecule has 0 atom stereocenters. The zero-order chi connectivity index (χ0) is 13.0. The fraction of sp³-hybridized carbons (Fsp3) is 0.692. The third-order valence-corrected chi connectivity index (χ3v) is 2.62. The number of hydrogen-bond donors (Lipinski definition) is 1. The highest BCUT2D eigenvalue weighted by molar-refractivity contribution is 5.85. The molecule has 0 fully saturated rings. The molecule has 0 aliphatic rings. The summed E-state index contributed by atoms with van der Waals surface area (Å²) in [7, 11) is 0. The fourth-order valence-corrected chi connectivity index (χ4v) is 1.72. The first kappa shape index (κ1) is 13.7. The smallest absolute Gasteiger partial charge is 0.356 e. The molecule has 1 heterocycles. The lowest BCUT2D eigenvalue weighted by Gasteiger charge is -2.10. The van der Waals surface area contributed by atoms with Gasteiger partial charge in [0.2, 0.25) is 0 Å². The molecule has 0 saturated carbocycles. The molecule has 1 N–H and O–H groups in total. The maximum Gasteiger partial charge on any atom is 0.356 e. The summed E-state index contributed by atoms with van der Waals surface area (Å²) in [4.78, 5) is 10.9. The number of aryl methyl sites for hydroxylation is 1. The van der Waals surface area contributed by atoms with E-state index < -0.39 is 5.97 Å². The van der Waals surface area contributed by atoms with Crippen molar-refractivity contribution in [2.75, 3.05) is 0 Å². The number of carboxylic acids is 1. The van der Waals surface area contributed by atoms with Gasteiger partial charge in [0, 0.05) is 12.2 Å². The van der Waals surface area contributed by atoms with Gasteiger partial charge in [-0.25, -0.2) is 4.79 Å². The quantitative estimate of drug-likeness (QED) is 0.829. The van der Waals surface area contributed by atoms with Crippen molar-refractivity contribution in [3.63, 3.8) is 0 Å². The molecule has 96 valence electrons. The molecule has 0 aliphatic carbocycles. The van der Waals surface area contributed by atoms with E-state index in [0.717, 1.165) is 25.1 Å². The Morgan fingerprint density at radius 3 is 2.47 bits per heavy atom. The predicted octanol–water partition coefficient (Wildman–Crippen LogP) is 2.83. The van der Waals surface area contributed by atoms with Crippen molar-refractivity contribution in [2.45, 2.75) is 47.1 Å². The van der Waals surface area contributed by atoms with Gasteiger partial charge in [0.25, 0.3) is 0 Å². The molecule has 0 unspecified atom stereocenters. The van der Waals surface area contributed by atoms with Gasteiger partial charge in [0.1, 0.15) is 0 Å². The Kier molecular flexibility index (Phi) is 4.73. The van der Waals surface area contributed by atoms with Gasteiger partial charge in [-0.3, -0.25) is 4.68 Å². The number of carboxylic acid groups (broad SMARTS) is 1. The molecule has 0 aliphatic heterocycles. The van der Waals surface area contributed by atoms with Crippen LogP contribution >= 0.6 is 0 Å². The summed E-state index contributed by atoms with van der Waals surface area (Å²) in [6, 6.07) is 1.70. The minimum Gasteiger partial charge on any atom is -0.476 e. The first-order chi connectivity index (χ1) is 7.90. The zero-order valence-corrected chi connectivity index (χ0v) is 11.1. The molecular weight excluding hydrogens is 216 g/mol. The third-order valence-electron chi connectivity index (χ3n) is 2.62. The first-order valence-electron chi connectivity index (χ1n) is 6.20. The minimum absolute atomic E-state index is 0.157. The Morgan fingerprint density at radius 1 is 1.35 bits per heavy atom. The molecule has 1 aromatic heterocycles. The highest BCUT2D eigenvalue weighted by Gasteiger charge is 2.14. The number of hydrogen-bond acceptors (Lipinski definition) is 2. The van der Waals surface area contributed by atoms with Crippen LogP contribution in [0.25, 0.3) is 0 Å². The Balaban J connectivity index is 2.87. The average Bonchev–Trinajstić information content (AvgIpc) is 2.57. The summed E-state index contributed by atoms with van der Waals surface area (Å²) in [5.41, 5.74) is 1.18. The summed E-state index contributed by atoms with van der Waals surface area (Å²) < 4.78 is 1.85. The third kappa shape index (κ3) is 4.21. The fourth-order valence-electron chi connectivity index (χ4n) is 1.72. The van der Waals surface area contributed by atoms with Gasteiger partial charge in [-0.15, -0.1) is 0 Å². The lowest BCUT2D eigenvalue weighted by molar-refractivity contribution is 0.0689. The maximum absolute atomic E-state index is 10.9. The van der Waals surface area contributed by atoms with E-state index in [1.807, 2.05) is 4.68 Å². The number of aromatic nitrogens is 2. The lowest BCUT2D eigenvalue weighted by atomic mass is 10.1. The van der Waals surface area contributed by atoms with Crippen LogP contribution in [0.4, 0.5) is 0 Å². The molecule has 4 heteroatoms. The molecule has 0 saturated heterocycles. The molecule has 0 bridgehead atoms. The van der Waals surface area contributed by atoms with Crippen molar-refractivity contribution in [1.82, 2.24) is 9.78 Å². The van der Waals surface area contributed by atoms with Crippen LogP contribution in [0.15, 0.2) is 6.07 Å². The molecule has 1 rings (SSSR count). The van der Waals surface area contributed by atoms with Gasteiger partial charge in [0.05, 0.1) is 0 Å². The van der Waals surface area contributed by atoms with Crippen LogP contribution in [0, 0.1) is 11.8 Å². The van der Waals surface area contributed by atoms with Crippen molar-refractivity contribution in [1.29, 1.82) is 0 Å². The summed E-state index contributed by atoms with van der Waals surface area (Å²) in [5.74, 6) is 0.156. The van der Waals surface area contributed by atoms with E-state index >= 15 is 0 Å². The topological polar surface area (TPSA) is 55.1 Å². The van der Waals surface area contributed by atoms with Gasteiger partial charge < -0.3 is 5.11 Å². The molecule has 17 heavy (non-hydrogen) atoms. The Morgan fingerprint density at radius 2 is 2.00 bits per heavy atom. The van der Waals surface area contributed by atoms with Crippen molar-refractivity contribution >= 4 is 5.97 Å². The second-order valence-electron chi connectivity index (χ2n) is 5.33. The highest BCUT2D eigenvalue weighted by Crippen LogP contribution is 2.13. The minimum atomic E-state index is -0.946. The van der Waals surface area contributed by atoms with Crippen LogP contribution < -0.4 is 0 Å². The van der Waals surface area contributed by atoms with Crippen LogP contribution in [0.2, 0.25) is 0 Å². The van der Waals surface area contributed by atoms with Crippen molar-refractivity contribution in [3.8, 4) is 0 Å². The van der Waals surface area contributed by atoms with E-state index in [0.29, 0.717) is 11.8 Å². The van der Waals surface area contributed by atoms with E-state index in [9.17, 15) is 4.79 Å². The number of carbonyl (C=O) groups is 1. The molecule has 0 aromatic carbocycles. The van der Waals surface area contributed by atoms with Crippen LogP contribution in [0.3, 0.4) is 0 Å². The van der Waals surface area contributed by atoms with E-state index in [-0.39, 0.29) is 5.69 Å². The van der Waals surface area contributed by atoms with E-state index in [2.05, 4.69) is 32.8 Å². The Bertz CT molecular complexity index is 381. The standard InChI is InChI=1S/C13H22N2O2/c1-9(2)5-6-15-11(7-10(3)4)8-12(14-15)13(16)17/h8-10H,5-7H2,1-4H3,(H,16,17). The van der Waals surface area contributed by atoms with Gasteiger partial charge in [0.15, 0.2) is 5.69 Å². The summed E-state index contributed by atoms with van der Waals surface area (Å²) >= 11 is 0. The number of aromatic carboxylic acids is 1. The van der Waals surface area contributed by atoms with Crippen molar-refractivity contribution < 1.29 is 9.90 Å². The van der Waals surface area contributed by atoms with Gasteiger partial charge in [-0.1, -0.05) is 27.7 Å². The van der Waals surface area contributed by atoms with Gasteiger partial charge in [-0.2, -0.15) is 5.10 Å². The summed E-state index contributed by atoms with van der Waals surface area (Å²) in [5, 5.41) is 13.1. The summed E-state index contributed by atoms with van der Waals surface area (Å²) in [6.07, 6.45) is 1.89. The van der Waals surface area contributed by atoms with Crippen LogP contribution in [-0.2, 0) is 13.0 Å². The molecule has 0 radical (unpaired) electrons. The normalized spacial score (nSPS) is 11.4. The average molecular weight is 238 g/mol. The monoisotopic (exact) mass is 238 g/mol. The second kappa shape index (κ2) is 5.84. The molecule has 4 nitrogen and oxygen atoms in total. The van der Waals surface area contributed by atoms with E-state index in [1.165, 1.54) is 0 Å². The lowest BCUT2D eigenvalue weighted by Crippen LogP contribution is -2.10. The zero-order valence-electron chi connectivity index (χ0n) is 11.1. The molecular formula is C13H22N2O2. The van der Waals surface area contributed by atoms with Crippen molar-refractivity contribution in [3.05, 3.63) is 17.5 Å². The van der Waals surface area contributed by atoms with Crippen molar-refractivity contribution in [2.24, 2.45) is 11.8 Å². The van der Waals surface area contributed by atoms with Crippen LogP contribution in [0.1, 0.15) is 50.3 Å². The van der Waals surface area contributed by atoms with Crippen LogP contribution in [0.5, 0.6) is 0 Å².